The van der Waals surface area contributed by atoms with Crippen molar-refractivity contribution >= 4 is 23.0 Å². The number of anilines is 1. The van der Waals surface area contributed by atoms with E-state index in [2.05, 4.69) is 24.3 Å². The number of ether oxygens (including phenoxy) is 2. The largest absolute Gasteiger partial charge is 0.493 e. The summed E-state index contributed by atoms with van der Waals surface area (Å²) in [5.41, 5.74) is 1.84. The van der Waals surface area contributed by atoms with Crippen LogP contribution in [-0.2, 0) is 6.54 Å². The van der Waals surface area contributed by atoms with Crippen molar-refractivity contribution in [2.45, 2.75) is 19.9 Å². The van der Waals surface area contributed by atoms with Gasteiger partial charge < -0.3 is 24.6 Å². The Morgan fingerprint density at radius 3 is 2.48 bits per heavy atom. The van der Waals surface area contributed by atoms with Crippen LogP contribution in [0.25, 0.3) is 0 Å². The smallest absolute Gasteiger partial charge is 0.173 e. The molecule has 2 N–H and O–H groups in total. The first kappa shape index (κ1) is 22.9. The van der Waals surface area contributed by atoms with Gasteiger partial charge in [-0.25, -0.2) is 4.39 Å². The molecule has 0 bridgehead atoms. The Morgan fingerprint density at radius 1 is 1.14 bits per heavy atom. The van der Waals surface area contributed by atoms with Crippen LogP contribution in [0.2, 0.25) is 0 Å². The van der Waals surface area contributed by atoms with Gasteiger partial charge >= 0.3 is 0 Å². The Hall–Kier alpha value is -2.38. The third kappa shape index (κ3) is 7.51. The van der Waals surface area contributed by atoms with Crippen molar-refractivity contribution in [2.75, 3.05) is 46.2 Å². The lowest BCUT2D eigenvalue weighted by Gasteiger charge is -2.26. The van der Waals surface area contributed by atoms with E-state index in [1.165, 1.54) is 17.0 Å². The second kappa shape index (κ2) is 11.6. The molecule has 0 unspecified atom stereocenters. The third-order valence-corrected chi connectivity index (χ3v) is 4.75. The van der Waals surface area contributed by atoms with Gasteiger partial charge in [0.1, 0.15) is 5.82 Å². The summed E-state index contributed by atoms with van der Waals surface area (Å²) in [6.07, 6.45) is 1.00. The van der Waals surface area contributed by atoms with Crippen molar-refractivity contribution < 1.29 is 18.8 Å². The first-order valence-corrected chi connectivity index (χ1v) is 10.2. The van der Waals surface area contributed by atoms with Gasteiger partial charge in [0.2, 0.25) is 0 Å². The number of thiocarbonyl (C=S) groups is 1. The van der Waals surface area contributed by atoms with Crippen molar-refractivity contribution in [1.82, 2.24) is 4.90 Å². The van der Waals surface area contributed by atoms with E-state index in [-0.39, 0.29) is 5.82 Å². The number of methoxy groups -OCH3 is 1. The molecule has 5 nitrogen and oxygen atoms in total. The van der Waals surface area contributed by atoms with Crippen LogP contribution in [0, 0.1) is 5.82 Å². The summed E-state index contributed by atoms with van der Waals surface area (Å²) in [6, 6.07) is 12.1. The fraction of sp³-hybridized carbons (Fsp3) is 0.409. The van der Waals surface area contributed by atoms with E-state index in [9.17, 15) is 4.39 Å². The van der Waals surface area contributed by atoms with E-state index in [0.717, 1.165) is 36.5 Å². The summed E-state index contributed by atoms with van der Waals surface area (Å²) in [4.78, 5) is 3.52. The molecular weight excluding hydrogens is 389 g/mol. The van der Waals surface area contributed by atoms with Crippen molar-refractivity contribution in [1.29, 1.82) is 0 Å². The van der Waals surface area contributed by atoms with Crippen molar-refractivity contribution in [3.63, 3.8) is 0 Å². The average Bonchev–Trinajstić information content (AvgIpc) is 2.69. The Morgan fingerprint density at radius 2 is 1.86 bits per heavy atom. The number of halogens is 1. The molecule has 2 rings (SSSR count). The maximum absolute atomic E-state index is 13.2. The van der Waals surface area contributed by atoms with Crippen LogP contribution in [0.15, 0.2) is 42.5 Å². The average molecular weight is 421 g/mol. The maximum atomic E-state index is 13.2. The molecule has 0 aromatic heterocycles. The van der Waals surface area contributed by atoms with E-state index < -0.39 is 0 Å². The van der Waals surface area contributed by atoms with Gasteiger partial charge in [-0.05, 0) is 61.1 Å². The lowest BCUT2D eigenvalue weighted by atomic mass is 10.2. The molecule has 0 saturated carbocycles. The fourth-order valence-corrected chi connectivity index (χ4v) is 3.19. The topological polar surface area (TPSA) is 38.2 Å². The number of rotatable bonds is 10. The number of hydrogen-bond acceptors (Lipinski definition) is 3. The highest BCUT2D eigenvalue weighted by Crippen LogP contribution is 2.28. The molecule has 0 spiro atoms. The summed E-state index contributed by atoms with van der Waals surface area (Å²) in [6.45, 7) is 5.02. The van der Waals surface area contributed by atoms with Gasteiger partial charge in [0.25, 0.3) is 0 Å². The van der Waals surface area contributed by atoms with E-state index in [1.807, 2.05) is 25.1 Å². The maximum Gasteiger partial charge on any atom is 0.173 e. The van der Waals surface area contributed by atoms with Crippen LogP contribution in [-0.4, -0.2) is 50.9 Å². The van der Waals surface area contributed by atoms with Crippen molar-refractivity contribution in [3.05, 3.63) is 53.8 Å². The van der Waals surface area contributed by atoms with Crippen LogP contribution >= 0.6 is 12.2 Å². The fourth-order valence-electron chi connectivity index (χ4n) is 2.92. The van der Waals surface area contributed by atoms with Gasteiger partial charge in [-0.3, -0.25) is 0 Å². The molecule has 0 fully saturated rings. The minimum absolute atomic E-state index is 0.270. The van der Waals surface area contributed by atoms with Crippen LogP contribution in [0.3, 0.4) is 0 Å². The highest BCUT2D eigenvalue weighted by molar-refractivity contribution is 7.80. The van der Waals surface area contributed by atoms with Crippen LogP contribution in [0.1, 0.15) is 18.9 Å². The zero-order chi connectivity index (χ0) is 21.2. The van der Waals surface area contributed by atoms with Gasteiger partial charge in [-0.15, -0.1) is 0 Å². The molecule has 7 heteroatoms. The second-order valence-corrected chi connectivity index (χ2v) is 7.47. The minimum atomic E-state index is -0.270. The summed E-state index contributed by atoms with van der Waals surface area (Å²) in [5.74, 6) is 1.17. The van der Waals surface area contributed by atoms with Gasteiger partial charge in [0, 0.05) is 25.2 Å². The molecule has 0 atom stereocenters. The number of nitrogens with zero attached hydrogens (tertiary/aromatic N) is 1. The highest BCUT2D eigenvalue weighted by atomic mass is 32.1. The summed E-state index contributed by atoms with van der Waals surface area (Å²) >= 11 is 5.66. The van der Waals surface area contributed by atoms with Gasteiger partial charge in [0.15, 0.2) is 16.6 Å². The molecule has 29 heavy (non-hydrogen) atoms. The Labute approximate surface area is 178 Å². The zero-order valence-corrected chi connectivity index (χ0v) is 18.4. The standard InChI is InChI=1S/C22H30FN3O2S/c1-5-28-20-12-7-17(15-21(20)27-4)16-26(14-6-13-25(2)3)22(29)24-19-10-8-18(23)9-11-19/h7-12,15H,5-6,13-14,16H2,1-4H3,(H,24,29)/p+1. The molecule has 0 radical (unpaired) electrons. The van der Waals surface area contributed by atoms with E-state index >= 15 is 0 Å². The van der Waals surface area contributed by atoms with Crippen molar-refractivity contribution in [3.8, 4) is 11.5 Å². The number of hydrogen-bond donors (Lipinski definition) is 2. The number of benzene rings is 2. The predicted molar refractivity (Wildman–Crippen MR) is 119 cm³/mol. The van der Waals surface area contributed by atoms with Gasteiger partial charge in [-0.1, -0.05) is 6.07 Å². The summed E-state index contributed by atoms with van der Waals surface area (Å²) in [7, 11) is 5.91. The van der Waals surface area contributed by atoms with E-state index in [0.29, 0.717) is 24.0 Å². The molecule has 0 aliphatic carbocycles. The Bertz CT molecular complexity index is 784. The monoisotopic (exact) mass is 420 g/mol. The molecule has 0 saturated heterocycles. The molecule has 2 aromatic rings. The molecule has 0 amide bonds. The first-order chi connectivity index (χ1) is 13.9. The number of quaternary nitrogens is 1. The minimum Gasteiger partial charge on any atom is -0.493 e. The number of nitrogens with one attached hydrogen (secondary N) is 2. The lowest BCUT2D eigenvalue weighted by molar-refractivity contribution is -0.858. The molecule has 0 aliphatic rings. The van der Waals surface area contributed by atoms with Crippen molar-refractivity contribution in [2.24, 2.45) is 0 Å². The molecule has 0 heterocycles. The molecule has 158 valence electrons. The van der Waals surface area contributed by atoms with Gasteiger partial charge in [0.05, 0.1) is 34.4 Å². The van der Waals surface area contributed by atoms with Crippen LogP contribution in [0.5, 0.6) is 11.5 Å². The second-order valence-electron chi connectivity index (χ2n) is 7.09. The normalized spacial score (nSPS) is 10.7. The zero-order valence-electron chi connectivity index (χ0n) is 17.6. The first-order valence-electron chi connectivity index (χ1n) is 9.83. The lowest BCUT2D eigenvalue weighted by Crippen LogP contribution is -3.05. The quantitative estimate of drug-likeness (QED) is 0.578. The molecule has 0 aliphatic heterocycles. The van der Waals surface area contributed by atoms with Crippen LogP contribution < -0.4 is 19.7 Å². The highest BCUT2D eigenvalue weighted by Gasteiger charge is 2.14. The van der Waals surface area contributed by atoms with E-state index in [1.54, 1.807) is 19.2 Å². The van der Waals surface area contributed by atoms with Crippen LogP contribution in [0.4, 0.5) is 10.1 Å². The Kier molecular flexibility index (Phi) is 9.15. The molecule has 2 aromatic carbocycles. The summed E-state index contributed by atoms with van der Waals surface area (Å²) in [5, 5.41) is 3.83. The SMILES string of the molecule is CCOc1ccc(CN(CCC[NH+](C)C)C(=S)Nc2ccc(F)cc2)cc1OC. The third-order valence-electron chi connectivity index (χ3n) is 4.39. The van der Waals surface area contributed by atoms with E-state index in [4.69, 9.17) is 21.7 Å². The Balaban J connectivity index is 2.14. The van der Waals surface area contributed by atoms with Gasteiger partial charge in [-0.2, -0.15) is 0 Å². The predicted octanol–water partition coefficient (Wildman–Crippen LogP) is 2.97. The molecular formula is C22H31FN3O2S+. The summed E-state index contributed by atoms with van der Waals surface area (Å²) < 4.78 is 24.3.